The molecule has 4 nitrogen and oxygen atoms in total. The van der Waals surface area contributed by atoms with Gasteiger partial charge < -0.3 is 10.2 Å². The molecule has 0 aliphatic carbocycles. The van der Waals surface area contributed by atoms with Gasteiger partial charge >= 0.3 is 0 Å². The maximum atomic E-state index is 13.1. The number of amides is 1. The zero-order chi connectivity index (χ0) is 21.6. The van der Waals surface area contributed by atoms with Gasteiger partial charge in [-0.3, -0.25) is 4.79 Å². The van der Waals surface area contributed by atoms with Crippen molar-refractivity contribution in [2.75, 3.05) is 11.9 Å². The number of benzene rings is 2. The molecule has 2 aromatic rings. The minimum absolute atomic E-state index is 0.117. The third kappa shape index (κ3) is 3.88. The Balaban J connectivity index is 1.64. The fourth-order valence-electron chi connectivity index (χ4n) is 4.14. The van der Waals surface area contributed by atoms with Crippen LogP contribution >= 0.6 is 11.8 Å². The molecule has 6 heteroatoms. The number of hydrogen-bond donors (Lipinski definition) is 1. The zero-order valence-corrected chi connectivity index (χ0v) is 18.7. The van der Waals surface area contributed by atoms with E-state index in [1.165, 1.54) is 35.1 Å². The van der Waals surface area contributed by atoms with E-state index in [9.17, 15) is 9.18 Å². The molecular weight excluding hydrogens is 397 g/mol. The van der Waals surface area contributed by atoms with Crippen molar-refractivity contribution < 1.29 is 9.18 Å². The summed E-state index contributed by atoms with van der Waals surface area (Å²) in [5.41, 5.74) is 5.49. The van der Waals surface area contributed by atoms with E-state index < -0.39 is 0 Å². The molecule has 1 saturated heterocycles. The molecule has 156 valence electrons. The molecule has 1 atom stereocenters. The van der Waals surface area contributed by atoms with Crippen LogP contribution < -0.4 is 10.2 Å². The molecule has 1 N–H and O–H groups in total. The quantitative estimate of drug-likeness (QED) is 0.626. The van der Waals surface area contributed by atoms with Crippen LogP contribution in [0.3, 0.4) is 0 Å². The Labute approximate surface area is 181 Å². The number of anilines is 1. The number of aryl methyl sites for hydroxylation is 1. The molecule has 0 saturated carbocycles. The van der Waals surface area contributed by atoms with Crippen molar-refractivity contribution in [2.24, 2.45) is 4.99 Å². The highest BCUT2D eigenvalue weighted by Crippen LogP contribution is 2.44. The van der Waals surface area contributed by atoms with Crippen LogP contribution in [0.5, 0.6) is 0 Å². The van der Waals surface area contributed by atoms with Crippen LogP contribution in [0.2, 0.25) is 0 Å². The first-order valence-corrected chi connectivity index (χ1v) is 10.9. The van der Waals surface area contributed by atoms with Crippen molar-refractivity contribution in [2.45, 2.75) is 45.6 Å². The average Bonchev–Trinajstić information content (AvgIpc) is 3.01. The lowest BCUT2D eigenvalue weighted by Crippen LogP contribution is -2.45. The molecule has 1 fully saturated rings. The highest BCUT2D eigenvalue weighted by molar-refractivity contribution is 8.18. The van der Waals surface area contributed by atoms with Crippen molar-refractivity contribution in [1.82, 2.24) is 5.32 Å². The summed E-state index contributed by atoms with van der Waals surface area (Å²) in [6, 6.07) is 10.3. The highest BCUT2D eigenvalue weighted by Gasteiger charge is 2.34. The van der Waals surface area contributed by atoms with Gasteiger partial charge in [-0.05, 0) is 104 Å². The normalized spacial score (nSPS) is 23.1. The van der Waals surface area contributed by atoms with Gasteiger partial charge in [0.15, 0.2) is 5.17 Å². The number of nitrogens with zero attached hydrogens (tertiary/aromatic N) is 2. The summed E-state index contributed by atoms with van der Waals surface area (Å²) >= 11 is 1.31. The Kier molecular flexibility index (Phi) is 5.22. The number of halogens is 1. The average molecular weight is 424 g/mol. The summed E-state index contributed by atoms with van der Waals surface area (Å²) < 4.78 is 13.1. The number of rotatable bonds is 2. The molecule has 0 spiro atoms. The lowest BCUT2D eigenvalue weighted by Gasteiger charge is -2.45. The van der Waals surface area contributed by atoms with E-state index in [0.29, 0.717) is 21.7 Å². The molecule has 2 heterocycles. The van der Waals surface area contributed by atoms with Gasteiger partial charge in [0.05, 0.1) is 10.6 Å². The molecule has 4 rings (SSSR count). The fourth-order valence-corrected chi connectivity index (χ4v) is 4.98. The van der Waals surface area contributed by atoms with Gasteiger partial charge in [0.25, 0.3) is 5.91 Å². The fraction of sp³-hybridized carbons (Fsp3) is 0.333. The third-order valence-corrected chi connectivity index (χ3v) is 6.93. The summed E-state index contributed by atoms with van der Waals surface area (Å²) in [5.74, 6) is -0.0253. The molecule has 0 unspecified atom stereocenters. The first-order valence-electron chi connectivity index (χ1n) is 10.1. The topological polar surface area (TPSA) is 44.7 Å². The minimum atomic E-state index is -0.311. The number of aliphatic imine (C=N–C) groups is 1. The highest BCUT2D eigenvalue weighted by atomic mass is 32.2. The predicted octanol–water partition coefficient (Wildman–Crippen LogP) is 5.75. The molecule has 2 aliphatic rings. The van der Waals surface area contributed by atoms with E-state index in [1.54, 1.807) is 12.1 Å². The Morgan fingerprint density at radius 3 is 2.67 bits per heavy atom. The van der Waals surface area contributed by atoms with Gasteiger partial charge in [-0.2, -0.15) is 0 Å². The number of thioether (sulfide) groups is 1. The summed E-state index contributed by atoms with van der Waals surface area (Å²) in [7, 11) is 2.15. The first-order chi connectivity index (χ1) is 14.1. The van der Waals surface area contributed by atoms with Crippen molar-refractivity contribution >= 4 is 40.3 Å². The van der Waals surface area contributed by atoms with Gasteiger partial charge in [-0.15, -0.1) is 0 Å². The van der Waals surface area contributed by atoms with Crippen LogP contribution in [0.4, 0.5) is 15.8 Å². The smallest absolute Gasteiger partial charge is 0.264 e. The van der Waals surface area contributed by atoms with Crippen molar-refractivity contribution in [3.63, 3.8) is 0 Å². The molecule has 2 aliphatic heterocycles. The van der Waals surface area contributed by atoms with E-state index in [4.69, 9.17) is 0 Å². The zero-order valence-electron chi connectivity index (χ0n) is 17.9. The first kappa shape index (κ1) is 20.7. The largest absolute Gasteiger partial charge is 0.369 e. The SMILES string of the molecule is Cc1cc2c(cc1/C=C1\SC(=Nc3ccc(F)cc3)NC1=O)[C@@H](C)CC(C)(C)N2C. The molecule has 30 heavy (non-hydrogen) atoms. The second-order valence-electron chi connectivity index (χ2n) is 8.70. The third-order valence-electron chi connectivity index (χ3n) is 6.02. The molecule has 0 aromatic heterocycles. The summed E-state index contributed by atoms with van der Waals surface area (Å²) in [4.78, 5) is 19.9. The van der Waals surface area contributed by atoms with Gasteiger partial charge in [0, 0.05) is 18.3 Å². The van der Waals surface area contributed by atoms with E-state index in [1.807, 2.05) is 6.08 Å². The lowest BCUT2D eigenvalue weighted by molar-refractivity contribution is -0.115. The van der Waals surface area contributed by atoms with Gasteiger partial charge in [-0.25, -0.2) is 9.38 Å². The van der Waals surface area contributed by atoms with Gasteiger partial charge in [-0.1, -0.05) is 6.92 Å². The van der Waals surface area contributed by atoms with E-state index >= 15 is 0 Å². The number of carbonyl (C=O) groups is 1. The summed E-state index contributed by atoms with van der Waals surface area (Å²) in [5, 5.41) is 3.30. The van der Waals surface area contributed by atoms with Crippen molar-refractivity contribution in [1.29, 1.82) is 0 Å². The van der Waals surface area contributed by atoms with E-state index in [2.05, 4.69) is 62.1 Å². The van der Waals surface area contributed by atoms with Crippen LogP contribution in [0, 0.1) is 12.7 Å². The molecular formula is C24H26FN3OS. The van der Waals surface area contributed by atoms with Crippen LogP contribution in [0.25, 0.3) is 6.08 Å². The monoisotopic (exact) mass is 423 g/mol. The number of fused-ring (bicyclic) bond motifs is 1. The minimum Gasteiger partial charge on any atom is -0.369 e. The maximum absolute atomic E-state index is 13.1. The Morgan fingerprint density at radius 2 is 1.97 bits per heavy atom. The van der Waals surface area contributed by atoms with Gasteiger partial charge in [0.2, 0.25) is 0 Å². The van der Waals surface area contributed by atoms with Crippen molar-refractivity contribution in [3.8, 4) is 0 Å². The lowest BCUT2D eigenvalue weighted by atomic mass is 9.79. The van der Waals surface area contributed by atoms with E-state index in [0.717, 1.165) is 17.5 Å². The molecule has 0 bridgehead atoms. The standard InChI is InChI=1S/C24H26FN3OS/c1-14-10-20-19(15(2)13-24(3,4)28(20)5)11-16(14)12-21-22(29)27-23(30-21)26-18-8-6-17(25)7-9-18/h6-12,15H,13H2,1-5H3,(H,26,27,29)/b21-12-/t15-/m0/s1. The van der Waals surface area contributed by atoms with Gasteiger partial charge in [0.1, 0.15) is 5.82 Å². The van der Waals surface area contributed by atoms with Crippen LogP contribution in [0.1, 0.15) is 49.8 Å². The predicted molar refractivity (Wildman–Crippen MR) is 124 cm³/mol. The number of carbonyl (C=O) groups excluding carboxylic acids is 1. The number of hydrogen-bond acceptors (Lipinski definition) is 4. The second-order valence-corrected chi connectivity index (χ2v) is 9.73. The van der Waals surface area contributed by atoms with Crippen LogP contribution in [-0.2, 0) is 4.79 Å². The maximum Gasteiger partial charge on any atom is 0.264 e. The van der Waals surface area contributed by atoms with Crippen LogP contribution in [0.15, 0.2) is 46.3 Å². The Hall–Kier alpha value is -2.60. The molecule has 1 amide bonds. The van der Waals surface area contributed by atoms with E-state index in [-0.39, 0.29) is 17.3 Å². The number of amidine groups is 1. The summed E-state index contributed by atoms with van der Waals surface area (Å²) in [6.45, 7) is 8.90. The van der Waals surface area contributed by atoms with Crippen LogP contribution in [-0.4, -0.2) is 23.7 Å². The second kappa shape index (κ2) is 7.58. The summed E-state index contributed by atoms with van der Waals surface area (Å²) in [6.07, 6.45) is 3.02. The Bertz CT molecular complexity index is 1070. The molecule has 0 radical (unpaired) electrons. The number of nitrogens with one attached hydrogen (secondary N) is 1. The molecule has 2 aromatic carbocycles. The van der Waals surface area contributed by atoms with Crippen molar-refractivity contribution in [3.05, 3.63) is 63.8 Å². The Morgan fingerprint density at radius 1 is 1.27 bits per heavy atom.